The number of anilines is 2. The van der Waals surface area contributed by atoms with Crippen molar-refractivity contribution < 1.29 is 9.59 Å². The number of benzene rings is 2. The van der Waals surface area contributed by atoms with Gasteiger partial charge < -0.3 is 16.4 Å². The Hall–Kier alpha value is -3.12. The molecule has 2 amide bonds. The normalized spacial score (nSPS) is 16.1. The van der Waals surface area contributed by atoms with Crippen molar-refractivity contribution in [2.45, 2.75) is 76.9 Å². The van der Waals surface area contributed by atoms with Gasteiger partial charge in [0.25, 0.3) is 0 Å². The van der Waals surface area contributed by atoms with Crippen LogP contribution in [0.2, 0.25) is 0 Å². The second-order valence-electron chi connectivity index (χ2n) is 9.38. The van der Waals surface area contributed by atoms with Crippen molar-refractivity contribution in [3.63, 3.8) is 0 Å². The summed E-state index contributed by atoms with van der Waals surface area (Å²) in [7, 11) is 0. The molecule has 0 bridgehead atoms. The van der Waals surface area contributed by atoms with E-state index in [1.54, 1.807) is 18.2 Å². The van der Waals surface area contributed by atoms with Crippen molar-refractivity contribution in [2.24, 2.45) is 0 Å². The SMILES string of the molecule is CC(C)NC(=O)C(NC1CCCCCCC1)c1ccc(C=CC(=O)Nc2ccccc2N)cc1. The summed E-state index contributed by atoms with van der Waals surface area (Å²) >= 11 is 0. The molecular weight excluding hydrogens is 424 g/mol. The molecule has 6 nitrogen and oxygen atoms in total. The first-order chi connectivity index (χ1) is 16.4. The molecular formula is C28H38N4O2. The van der Waals surface area contributed by atoms with Gasteiger partial charge in [-0.25, -0.2) is 0 Å². The molecule has 0 saturated heterocycles. The van der Waals surface area contributed by atoms with Crippen molar-refractivity contribution in [1.29, 1.82) is 0 Å². The highest BCUT2D eigenvalue weighted by Crippen LogP contribution is 2.22. The van der Waals surface area contributed by atoms with E-state index in [1.165, 1.54) is 38.2 Å². The fourth-order valence-electron chi connectivity index (χ4n) is 4.31. The quantitative estimate of drug-likeness (QED) is 0.321. The molecule has 2 aromatic rings. The summed E-state index contributed by atoms with van der Waals surface area (Å²) in [6.45, 7) is 3.96. The number of amides is 2. The molecule has 5 N–H and O–H groups in total. The smallest absolute Gasteiger partial charge is 0.248 e. The molecule has 0 spiro atoms. The first-order valence-corrected chi connectivity index (χ1v) is 12.4. The molecule has 1 saturated carbocycles. The molecule has 0 aromatic heterocycles. The largest absolute Gasteiger partial charge is 0.397 e. The molecule has 182 valence electrons. The van der Waals surface area contributed by atoms with E-state index in [2.05, 4.69) is 16.0 Å². The van der Waals surface area contributed by atoms with Crippen molar-refractivity contribution in [3.8, 4) is 0 Å². The molecule has 0 heterocycles. The van der Waals surface area contributed by atoms with Crippen LogP contribution in [0.25, 0.3) is 6.08 Å². The van der Waals surface area contributed by atoms with Crippen molar-refractivity contribution in [1.82, 2.24) is 10.6 Å². The van der Waals surface area contributed by atoms with Crippen molar-refractivity contribution in [3.05, 3.63) is 65.7 Å². The van der Waals surface area contributed by atoms with E-state index < -0.39 is 6.04 Å². The van der Waals surface area contributed by atoms with E-state index in [4.69, 9.17) is 5.73 Å². The number of hydrogen-bond donors (Lipinski definition) is 4. The Morgan fingerprint density at radius 2 is 1.59 bits per heavy atom. The minimum absolute atomic E-state index is 0.000166. The van der Waals surface area contributed by atoms with Gasteiger partial charge in [0.15, 0.2) is 0 Å². The number of nitrogens with one attached hydrogen (secondary N) is 3. The number of carbonyl (C=O) groups is 2. The van der Waals surface area contributed by atoms with Gasteiger partial charge in [0.05, 0.1) is 11.4 Å². The van der Waals surface area contributed by atoms with Gasteiger partial charge >= 0.3 is 0 Å². The van der Waals surface area contributed by atoms with E-state index in [0.29, 0.717) is 17.4 Å². The molecule has 1 aliphatic rings. The minimum atomic E-state index is -0.394. The number of rotatable bonds is 8. The zero-order valence-corrected chi connectivity index (χ0v) is 20.3. The summed E-state index contributed by atoms with van der Waals surface area (Å²) in [6, 6.07) is 15.0. The fourth-order valence-corrected chi connectivity index (χ4v) is 4.31. The van der Waals surface area contributed by atoms with Gasteiger partial charge in [-0.05, 0) is 56.0 Å². The molecule has 6 heteroatoms. The highest BCUT2D eigenvalue weighted by Gasteiger charge is 2.24. The van der Waals surface area contributed by atoms with Gasteiger partial charge in [-0.3, -0.25) is 14.9 Å². The number of nitrogens with two attached hydrogens (primary N) is 1. The third-order valence-electron chi connectivity index (χ3n) is 6.12. The standard InChI is InChI=1S/C28H38N4O2/c1-20(2)30-28(34)27(31-23-10-6-4-3-5-7-11-23)22-17-14-21(15-18-22)16-19-26(33)32-25-13-9-8-12-24(25)29/h8-9,12-20,23,27,31H,3-7,10-11,29H2,1-2H3,(H,30,34)(H,32,33). The number of para-hydroxylation sites is 2. The Morgan fingerprint density at radius 1 is 0.941 bits per heavy atom. The summed E-state index contributed by atoms with van der Waals surface area (Å²) in [4.78, 5) is 25.3. The summed E-state index contributed by atoms with van der Waals surface area (Å²) in [6.07, 6.45) is 11.7. The topological polar surface area (TPSA) is 96.2 Å². The summed E-state index contributed by atoms with van der Waals surface area (Å²) in [5.74, 6) is -0.248. The maximum absolute atomic E-state index is 13.0. The molecule has 1 fully saturated rings. The van der Waals surface area contributed by atoms with Crippen LogP contribution in [-0.2, 0) is 9.59 Å². The first kappa shape index (κ1) is 25.5. The van der Waals surface area contributed by atoms with Gasteiger partial charge in [0.1, 0.15) is 6.04 Å². The predicted octanol–water partition coefficient (Wildman–Crippen LogP) is 5.19. The Labute approximate surface area is 203 Å². The van der Waals surface area contributed by atoms with Crippen LogP contribution in [0.5, 0.6) is 0 Å². The third kappa shape index (κ3) is 8.03. The lowest BCUT2D eigenvalue weighted by molar-refractivity contribution is -0.124. The van der Waals surface area contributed by atoms with Crippen LogP contribution in [0.15, 0.2) is 54.6 Å². The van der Waals surface area contributed by atoms with E-state index in [9.17, 15) is 9.59 Å². The predicted molar refractivity (Wildman–Crippen MR) is 140 cm³/mol. The fraction of sp³-hybridized carbons (Fsp3) is 0.429. The van der Waals surface area contributed by atoms with Crippen LogP contribution in [-0.4, -0.2) is 23.9 Å². The van der Waals surface area contributed by atoms with Crippen LogP contribution in [0.3, 0.4) is 0 Å². The first-order valence-electron chi connectivity index (χ1n) is 12.4. The zero-order valence-electron chi connectivity index (χ0n) is 20.3. The van der Waals surface area contributed by atoms with E-state index in [1.807, 2.05) is 50.2 Å². The second-order valence-corrected chi connectivity index (χ2v) is 9.38. The summed E-state index contributed by atoms with van der Waals surface area (Å²) < 4.78 is 0. The Kier molecular flexibility index (Phi) is 9.71. The van der Waals surface area contributed by atoms with Gasteiger partial charge in [-0.2, -0.15) is 0 Å². The minimum Gasteiger partial charge on any atom is -0.397 e. The van der Waals surface area contributed by atoms with Gasteiger partial charge in [0.2, 0.25) is 11.8 Å². The van der Waals surface area contributed by atoms with E-state index >= 15 is 0 Å². The lowest BCUT2D eigenvalue weighted by Gasteiger charge is -2.27. The van der Waals surface area contributed by atoms with Gasteiger partial charge in [-0.15, -0.1) is 0 Å². The molecule has 2 aromatic carbocycles. The number of hydrogen-bond acceptors (Lipinski definition) is 4. The summed E-state index contributed by atoms with van der Waals surface area (Å²) in [5.41, 5.74) is 8.81. The molecule has 1 unspecified atom stereocenters. The highest BCUT2D eigenvalue weighted by atomic mass is 16.2. The monoisotopic (exact) mass is 462 g/mol. The number of carbonyl (C=O) groups excluding carboxylic acids is 2. The third-order valence-corrected chi connectivity index (χ3v) is 6.12. The molecule has 0 aliphatic heterocycles. The van der Waals surface area contributed by atoms with Crippen LogP contribution < -0.4 is 21.7 Å². The van der Waals surface area contributed by atoms with Crippen LogP contribution in [0.4, 0.5) is 11.4 Å². The van der Waals surface area contributed by atoms with Gasteiger partial charge in [-0.1, -0.05) is 68.5 Å². The Morgan fingerprint density at radius 3 is 2.24 bits per heavy atom. The van der Waals surface area contributed by atoms with Crippen molar-refractivity contribution in [2.75, 3.05) is 11.1 Å². The molecule has 0 radical (unpaired) electrons. The Bertz CT molecular complexity index is 961. The molecule has 34 heavy (non-hydrogen) atoms. The van der Waals surface area contributed by atoms with E-state index in [0.717, 1.165) is 24.0 Å². The van der Waals surface area contributed by atoms with Gasteiger partial charge in [0, 0.05) is 18.2 Å². The van der Waals surface area contributed by atoms with E-state index in [-0.39, 0.29) is 17.9 Å². The Balaban J connectivity index is 1.68. The number of nitrogen functional groups attached to an aromatic ring is 1. The molecule has 1 aliphatic carbocycles. The lowest BCUT2D eigenvalue weighted by atomic mass is 9.94. The second kappa shape index (κ2) is 12.9. The molecule has 3 rings (SSSR count). The maximum Gasteiger partial charge on any atom is 0.248 e. The summed E-state index contributed by atoms with van der Waals surface area (Å²) in [5, 5.41) is 9.49. The lowest BCUT2D eigenvalue weighted by Crippen LogP contribution is -2.44. The highest BCUT2D eigenvalue weighted by molar-refractivity contribution is 6.03. The average molecular weight is 463 g/mol. The van der Waals surface area contributed by atoms with Crippen LogP contribution in [0, 0.1) is 0 Å². The average Bonchev–Trinajstić information content (AvgIpc) is 2.78. The van der Waals surface area contributed by atoms with Crippen LogP contribution >= 0.6 is 0 Å². The molecule has 1 atom stereocenters. The van der Waals surface area contributed by atoms with Crippen molar-refractivity contribution >= 4 is 29.3 Å². The maximum atomic E-state index is 13.0. The zero-order chi connectivity index (χ0) is 24.3. The van der Waals surface area contributed by atoms with Crippen LogP contribution in [0.1, 0.15) is 76.0 Å².